The maximum Gasteiger partial charge on any atom is 0.417 e. The fourth-order valence-electron chi connectivity index (χ4n) is 2.86. The summed E-state index contributed by atoms with van der Waals surface area (Å²) < 4.78 is 38.0. The number of carbonyl (C=O) groups is 1. The number of H-pyrrole nitrogens is 1. The highest BCUT2D eigenvalue weighted by molar-refractivity contribution is 6.31. The summed E-state index contributed by atoms with van der Waals surface area (Å²) >= 11 is 5.68. The molecular formula is C16H19ClF3N3O. The van der Waals surface area contributed by atoms with Crippen LogP contribution in [0.3, 0.4) is 0 Å². The number of nitrogens with zero attached hydrogens (tertiary/aromatic N) is 1. The summed E-state index contributed by atoms with van der Waals surface area (Å²) in [7, 11) is 0. The number of benzene rings is 1. The normalized spacial score (nSPS) is 17.4. The van der Waals surface area contributed by atoms with Gasteiger partial charge in [0.15, 0.2) is 0 Å². The molecule has 1 heterocycles. The first-order chi connectivity index (χ1) is 11.3. The minimum Gasteiger partial charge on any atom is -0.352 e. The molecule has 1 atom stereocenters. The van der Waals surface area contributed by atoms with Gasteiger partial charge in [0.25, 0.3) is 0 Å². The molecule has 1 aromatic heterocycles. The van der Waals surface area contributed by atoms with Crippen molar-refractivity contribution < 1.29 is 20.8 Å². The van der Waals surface area contributed by atoms with Gasteiger partial charge in [-0.2, -0.15) is 13.2 Å². The van der Waals surface area contributed by atoms with Gasteiger partial charge in [0, 0.05) is 27.4 Å². The molecule has 1 aliphatic carbocycles. The first-order valence-corrected chi connectivity index (χ1v) is 7.87. The number of rotatable bonds is 3. The standard InChI is InChI=1S/C16H15ClF3N3O.2H2/c17-12-5-9(1-3-11(12)16(18,19)20)7-21-15(24)10-2-4-13-14(6-10)23-8-22-13;;/h1,3,5,8,10H,2,4,6-7H2,(H,21,24)(H,22,23);2*1H. The second kappa shape index (κ2) is 6.47. The predicted molar refractivity (Wildman–Crippen MR) is 86.6 cm³/mol. The molecule has 0 fully saturated rings. The number of hydrogen-bond donors (Lipinski definition) is 2. The molecule has 3 rings (SSSR count). The summed E-state index contributed by atoms with van der Waals surface area (Å²) in [6.07, 6.45) is -0.826. The van der Waals surface area contributed by atoms with Crippen molar-refractivity contribution in [2.45, 2.75) is 32.0 Å². The summed E-state index contributed by atoms with van der Waals surface area (Å²) in [6.45, 7) is 0.142. The average Bonchev–Trinajstić information content (AvgIpc) is 2.98. The molecule has 0 saturated carbocycles. The van der Waals surface area contributed by atoms with Crippen molar-refractivity contribution in [1.29, 1.82) is 0 Å². The number of aryl methyl sites for hydroxylation is 1. The van der Waals surface area contributed by atoms with E-state index in [0.717, 1.165) is 23.9 Å². The number of aromatic amines is 1. The van der Waals surface area contributed by atoms with Crippen molar-refractivity contribution >= 4 is 17.5 Å². The molecule has 24 heavy (non-hydrogen) atoms. The second-order valence-corrected chi connectivity index (χ2v) is 6.20. The van der Waals surface area contributed by atoms with E-state index >= 15 is 0 Å². The molecule has 1 amide bonds. The Morgan fingerprint density at radius 3 is 2.96 bits per heavy atom. The monoisotopic (exact) mass is 361 g/mol. The summed E-state index contributed by atoms with van der Waals surface area (Å²) in [5, 5.41) is 2.40. The third-order valence-electron chi connectivity index (χ3n) is 4.16. The van der Waals surface area contributed by atoms with Crippen LogP contribution in [0.2, 0.25) is 5.02 Å². The van der Waals surface area contributed by atoms with Crippen LogP contribution >= 0.6 is 11.6 Å². The van der Waals surface area contributed by atoms with E-state index in [-0.39, 0.29) is 26.2 Å². The maximum absolute atomic E-state index is 12.7. The lowest BCUT2D eigenvalue weighted by Gasteiger charge is -2.20. The highest BCUT2D eigenvalue weighted by Crippen LogP contribution is 2.35. The Kier molecular flexibility index (Phi) is 4.54. The zero-order valence-electron chi connectivity index (χ0n) is 12.6. The number of aromatic nitrogens is 2. The van der Waals surface area contributed by atoms with Crippen LogP contribution in [-0.2, 0) is 30.4 Å². The molecule has 0 bridgehead atoms. The van der Waals surface area contributed by atoms with E-state index in [0.29, 0.717) is 18.4 Å². The van der Waals surface area contributed by atoms with E-state index in [4.69, 9.17) is 11.6 Å². The van der Waals surface area contributed by atoms with Crippen LogP contribution in [0.1, 0.15) is 31.8 Å². The van der Waals surface area contributed by atoms with Crippen LogP contribution in [0.4, 0.5) is 13.2 Å². The van der Waals surface area contributed by atoms with Crippen molar-refractivity contribution in [2.75, 3.05) is 0 Å². The number of fused-ring (bicyclic) bond motifs is 1. The van der Waals surface area contributed by atoms with Crippen LogP contribution < -0.4 is 5.32 Å². The Balaban J connectivity index is 0.00000169. The van der Waals surface area contributed by atoms with Crippen LogP contribution in [0, 0.1) is 5.92 Å². The zero-order chi connectivity index (χ0) is 17.3. The van der Waals surface area contributed by atoms with E-state index in [2.05, 4.69) is 15.3 Å². The number of halogens is 4. The van der Waals surface area contributed by atoms with E-state index in [1.165, 1.54) is 12.1 Å². The van der Waals surface area contributed by atoms with E-state index in [1.807, 2.05) is 0 Å². The highest BCUT2D eigenvalue weighted by atomic mass is 35.5. The van der Waals surface area contributed by atoms with Gasteiger partial charge in [-0.15, -0.1) is 0 Å². The lowest BCUT2D eigenvalue weighted by molar-refractivity contribution is -0.137. The van der Waals surface area contributed by atoms with Gasteiger partial charge >= 0.3 is 6.18 Å². The first kappa shape index (κ1) is 16.8. The van der Waals surface area contributed by atoms with Gasteiger partial charge in [-0.1, -0.05) is 17.7 Å². The van der Waals surface area contributed by atoms with E-state index in [9.17, 15) is 18.0 Å². The lowest BCUT2D eigenvalue weighted by atomic mass is 9.89. The number of nitrogens with one attached hydrogen (secondary N) is 2. The SMILES string of the molecule is O=C(NCc1ccc(C(F)(F)F)c(Cl)c1)C1CCc2nc[nH]c2C1.[HH].[HH]. The number of carbonyl (C=O) groups excluding carboxylic acids is 1. The Morgan fingerprint density at radius 2 is 2.25 bits per heavy atom. The smallest absolute Gasteiger partial charge is 0.352 e. The number of imidazole rings is 1. The van der Waals surface area contributed by atoms with Crippen molar-refractivity contribution in [3.63, 3.8) is 0 Å². The lowest BCUT2D eigenvalue weighted by Crippen LogP contribution is -2.33. The topological polar surface area (TPSA) is 57.8 Å². The summed E-state index contributed by atoms with van der Waals surface area (Å²) in [5.74, 6) is -0.283. The van der Waals surface area contributed by atoms with Crippen LogP contribution in [0.25, 0.3) is 0 Å². The van der Waals surface area contributed by atoms with Crippen LogP contribution in [0.15, 0.2) is 24.5 Å². The fourth-order valence-corrected chi connectivity index (χ4v) is 3.17. The molecule has 0 radical (unpaired) electrons. The Labute approximate surface area is 144 Å². The Hall–Kier alpha value is -2.02. The Bertz CT molecular complexity index is 767. The van der Waals surface area contributed by atoms with Gasteiger partial charge in [-0.3, -0.25) is 4.79 Å². The molecule has 1 aromatic carbocycles. The number of amides is 1. The second-order valence-electron chi connectivity index (χ2n) is 5.80. The number of hydrogen-bond acceptors (Lipinski definition) is 2. The average molecular weight is 362 g/mol. The van der Waals surface area contributed by atoms with Crippen molar-refractivity contribution in [1.82, 2.24) is 15.3 Å². The minimum atomic E-state index is -4.48. The first-order valence-electron chi connectivity index (χ1n) is 7.49. The predicted octanol–water partition coefficient (Wildman–Crippen LogP) is 4.00. The highest BCUT2D eigenvalue weighted by Gasteiger charge is 2.33. The molecule has 8 heteroatoms. The third kappa shape index (κ3) is 3.56. The van der Waals surface area contributed by atoms with Gasteiger partial charge in [0.2, 0.25) is 5.91 Å². The molecule has 1 unspecified atom stereocenters. The van der Waals surface area contributed by atoms with Crippen LogP contribution in [-0.4, -0.2) is 15.9 Å². The quantitative estimate of drug-likeness (QED) is 0.868. The fraction of sp³-hybridized carbons (Fsp3) is 0.375. The van der Waals surface area contributed by atoms with Gasteiger partial charge in [-0.05, 0) is 30.5 Å². The summed E-state index contributed by atoms with van der Waals surface area (Å²) in [4.78, 5) is 19.5. The summed E-state index contributed by atoms with van der Waals surface area (Å²) in [6, 6.07) is 3.49. The van der Waals surface area contributed by atoms with Gasteiger partial charge in [0.1, 0.15) is 0 Å². The maximum atomic E-state index is 12.7. The van der Waals surface area contributed by atoms with Crippen molar-refractivity contribution in [2.24, 2.45) is 5.92 Å². The molecule has 2 N–H and O–H groups in total. The van der Waals surface area contributed by atoms with E-state index in [1.54, 1.807) is 6.33 Å². The molecule has 132 valence electrons. The zero-order valence-corrected chi connectivity index (χ0v) is 13.3. The number of alkyl halides is 3. The van der Waals surface area contributed by atoms with Gasteiger partial charge in [-0.25, -0.2) is 4.98 Å². The van der Waals surface area contributed by atoms with E-state index < -0.39 is 11.7 Å². The summed E-state index contributed by atoms with van der Waals surface area (Å²) in [5.41, 5.74) is 1.62. The molecule has 1 aliphatic rings. The largest absolute Gasteiger partial charge is 0.417 e. The third-order valence-corrected chi connectivity index (χ3v) is 4.48. The van der Waals surface area contributed by atoms with Crippen LogP contribution in [0.5, 0.6) is 0 Å². The molecule has 0 saturated heterocycles. The van der Waals surface area contributed by atoms with Crippen molar-refractivity contribution in [3.05, 3.63) is 52.1 Å². The molecule has 2 aromatic rings. The van der Waals surface area contributed by atoms with Gasteiger partial charge in [0.05, 0.1) is 22.6 Å². The molecule has 4 nitrogen and oxygen atoms in total. The molecular weight excluding hydrogens is 343 g/mol. The van der Waals surface area contributed by atoms with Gasteiger partial charge < -0.3 is 10.3 Å². The molecule has 0 aliphatic heterocycles. The minimum absolute atomic E-state index is 0. The van der Waals surface area contributed by atoms with Crippen molar-refractivity contribution in [3.8, 4) is 0 Å². The molecule has 0 spiro atoms. The Morgan fingerprint density at radius 1 is 1.46 bits per heavy atom.